The summed E-state index contributed by atoms with van der Waals surface area (Å²) in [6.07, 6.45) is 3.54. The van der Waals surface area contributed by atoms with E-state index in [0.29, 0.717) is 34.8 Å². The molecule has 1 amide bonds. The van der Waals surface area contributed by atoms with Gasteiger partial charge >= 0.3 is 0 Å². The Balaban J connectivity index is 1.39. The van der Waals surface area contributed by atoms with Crippen LogP contribution in [0.25, 0.3) is 16.7 Å². The molecule has 32 heavy (non-hydrogen) atoms. The van der Waals surface area contributed by atoms with Crippen molar-refractivity contribution in [2.75, 3.05) is 0 Å². The predicted molar refractivity (Wildman–Crippen MR) is 125 cm³/mol. The van der Waals surface area contributed by atoms with E-state index in [0.717, 1.165) is 16.6 Å². The summed E-state index contributed by atoms with van der Waals surface area (Å²) in [7, 11) is 0. The molecule has 0 radical (unpaired) electrons. The Morgan fingerprint density at radius 3 is 2.53 bits per heavy atom. The van der Waals surface area contributed by atoms with Gasteiger partial charge in [0.05, 0.1) is 12.1 Å². The minimum Gasteiger partial charge on any atom is -0.348 e. The maximum Gasteiger partial charge on any atom is 0.276 e. The van der Waals surface area contributed by atoms with Crippen molar-refractivity contribution in [3.8, 4) is 0 Å². The third-order valence-electron chi connectivity index (χ3n) is 5.45. The zero-order valence-electron chi connectivity index (χ0n) is 17.0. The summed E-state index contributed by atoms with van der Waals surface area (Å²) in [4.78, 5) is 30.0. The van der Waals surface area contributed by atoms with E-state index in [1.807, 2.05) is 59.1 Å². The first kappa shape index (κ1) is 20.0. The number of amides is 1. The molecule has 0 atom stereocenters. The van der Waals surface area contributed by atoms with Crippen LogP contribution in [0, 0.1) is 0 Å². The van der Waals surface area contributed by atoms with Crippen molar-refractivity contribution in [2.45, 2.75) is 13.1 Å². The van der Waals surface area contributed by atoms with Gasteiger partial charge < -0.3 is 9.72 Å². The van der Waals surface area contributed by atoms with Crippen LogP contribution in [0.15, 0.2) is 90.0 Å². The summed E-state index contributed by atoms with van der Waals surface area (Å²) in [6.45, 7) is 0.709. The molecule has 7 heteroatoms. The maximum absolute atomic E-state index is 13.1. The molecule has 1 N–H and O–H groups in total. The highest BCUT2D eigenvalue weighted by molar-refractivity contribution is 6.31. The molecular weight excluding hydrogens is 424 g/mol. The van der Waals surface area contributed by atoms with Gasteiger partial charge in [0.2, 0.25) is 0 Å². The number of benzene rings is 2. The van der Waals surface area contributed by atoms with Gasteiger partial charge in [-0.05, 0) is 53.6 Å². The van der Waals surface area contributed by atoms with Crippen LogP contribution in [0.1, 0.15) is 21.5 Å². The Morgan fingerprint density at radius 1 is 0.938 bits per heavy atom. The van der Waals surface area contributed by atoms with Crippen molar-refractivity contribution >= 4 is 34.2 Å². The number of rotatable bonds is 5. The molecule has 0 bridgehead atoms. The first-order valence-corrected chi connectivity index (χ1v) is 10.5. The van der Waals surface area contributed by atoms with Gasteiger partial charge in [-0.15, -0.1) is 0 Å². The molecule has 5 rings (SSSR count). The van der Waals surface area contributed by atoms with Crippen LogP contribution < -0.4 is 10.9 Å². The third-order valence-corrected chi connectivity index (χ3v) is 5.82. The number of aromatic nitrogens is 3. The zero-order chi connectivity index (χ0) is 22.1. The predicted octanol–water partition coefficient (Wildman–Crippen LogP) is 4.28. The summed E-state index contributed by atoms with van der Waals surface area (Å²) < 4.78 is 3.52. The average molecular weight is 443 g/mol. The summed E-state index contributed by atoms with van der Waals surface area (Å²) >= 11 is 6.15. The molecule has 0 aliphatic heterocycles. The Hall–Kier alpha value is -3.90. The number of carbonyl (C=O) groups is 1. The molecule has 2 aromatic carbocycles. The SMILES string of the molecule is O=C(NCc1ccccc1Cl)c1ccc(Cn2c(=O)c3cccn3c3cccnc32)cc1. The lowest BCUT2D eigenvalue weighted by Gasteiger charge is -2.12. The quantitative estimate of drug-likeness (QED) is 0.441. The monoisotopic (exact) mass is 442 g/mol. The smallest absolute Gasteiger partial charge is 0.276 e. The second-order valence-electron chi connectivity index (χ2n) is 7.47. The molecule has 0 aliphatic rings. The molecule has 3 aromatic heterocycles. The molecule has 158 valence electrons. The Kier molecular flexibility index (Phi) is 5.21. The lowest BCUT2D eigenvalue weighted by atomic mass is 10.1. The third kappa shape index (κ3) is 3.65. The van der Waals surface area contributed by atoms with E-state index in [1.54, 1.807) is 35.0 Å². The van der Waals surface area contributed by atoms with Gasteiger partial charge in [-0.25, -0.2) is 4.98 Å². The Labute approximate surface area is 188 Å². The fraction of sp³-hybridized carbons (Fsp3) is 0.0800. The fourth-order valence-corrected chi connectivity index (χ4v) is 4.00. The van der Waals surface area contributed by atoms with Crippen molar-refractivity contribution in [3.63, 3.8) is 0 Å². The van der Waals surface area contributed by atoms with E-state index < -0.39 is 0 Å². The summed E-state index contributed by atoms with van der Waals surface area (Å²) in [5.41, 5.74) is 4.27. The van der Waals surface area contributed by atoms with Crippen LogP contribution in [-0.4, -0.2) is 19.9 Å². The standard InChI is InChI=1S/C25H19ClN4O2/c26-20-6-2-1-5-19(20)15-28-24(31)18-11-9-17(10-12-18)16-30-23-21(7-3-13-27-23)29-14-4-8-22(29)25(30)32/h1-14H,15-16H2,(H,28,31). The second-order valence-corrected chi connectivity index (χ2v) is 7.88. The number of hydrogen-bond donors (Lipinski definition) is 1. The first-order valence-electron chi connectivity index (χ1n) is 10.2. The van der Waals surface area contributed by atoms with E-state index in [1.165, 1.54) is 0 Å². The zero-order valence-corrected chi connectivity index (χ0v) is 17.8. The van der Waals surface area contributed by atoms with Crippen LogP contribution in [-0.2, 0) is 13.1 Å². The fourth-order valence-electron chi connectivity index (χ4n) is 3.79. The van der Waals surface area contributed by atoms with E-state index in [4.69, 9.17) is 11.6 Å². The van der Waals surface area contributed by atoms with Crippen LogP contribution >= 0.6 is 11.6 Å². The normalized spacial score (nSPS) is 11.2. The Bertz CT molecular complexity index is 1500. The van der Waals surface area contributed by atoms with Crippen LogP contribution in [0.4, 0.5) is 0 Å². The van der Waals surface area contributed by atoms with Crippen LogP contribution in [0.5, 0.6) is 0 Å². The van der Waals surface area contributed by atoms with Gasteiger partial charge in [0.25, 0.3) is 11.5 Å². The van der Waals surface area contributed by atoms with Gasteiger partial charge in [0.15, 0.2) is 5.65 Å². The number of hydrogen-bond acceptors (Lipinski definition) is 3. The maximum atomic E-state index is 13.1. The van der Waals surface area contributed by atoms with Crippen molar-refractivity contribution in [1.29, 1.82) is 0 Å². The van der Waals surface area contributed by atoms with Crippen LogP contribution in [0.3, 0.4) is 0 Å². The average Bonchev–Trinajstić information content (AvgIpc) is 3.32. The summed E-state index contributed by atoms with van der Waals surface area (Å²) in [5.74, 6) is -0.185. The van der Waals surface area contributed by atoms with Gasteiger partial charge in [0.1, 0.15) is 5.52 Å². The molecule has 0 unspecified atom stereocenters. The minimum atomic E-state index is -0.185. The summed E-state index contributed by atoms with van der Waals surface area (Å²) in [6, 6.07) is 22.1. The number of pyridine rings is 1. The van der Waals surface area contributed by atoms with Crippen molar-refractivity contribution in [3.05, 3.63) is 117 Å². The first-order chi connectivity index (χ1) is 15.6. The molecule has 5 aromatic rings. The van der Waals surface area contributed by atoms with Crippen molar-refractivity contribution in [2.24, 2.45) is 0 Å². The molecule has 0 aliphatic carbocycles. The van der Waals surface area contributed by atoms with Gasteiger partial charge in [-0.2, -0.15) is 0 Å². The number of carbonyl (C=O) groups excluding carboxylic acids is 1. The molecule has 0 saturated heterocycles. The van der Waals surface area contributed by atoms with Crippen molar-refractivity contribution < 1.29 is 4.79 Å². The second kappa shape index (κ2) is 8.32. The highest BCUT2D eigenvalue weighted by Crippen LogP contribution is 2.16. The highest BCUT2D eigenvalue weighted by Gasteiger charge is 2.12. The molecule has 0 saturated carbocycles. The number of nitrogens with zero attached hydrogens (tertiary/aromatic N) is 3. The topological polar surface area (TPSA) is 68.4 Å². The van der Waals surface area contributed by atoms with E-state index in [2.05, 4.69) is 10.3 Å². The van der Waals surface area contributed by atoms with Crippen molar-refractivity contribution in [1.82, 2.24) is 19.3 Å². The molecule has 0 fully saturated rings. The molecule has 0 spiro atoms. The highest BCUT2D eigenvalue weighted by atomic mass is 35.5. The van der Waals surface area contributed by atoms with Gasteiger partial charge in [-0.1, -0.05) is 41.9 Å². The van der Waals surface area contributed by atoms with E-state index in [-0.39, 0.29) is 11.5 Å². The van der Waals surface area contributed by atoms with Crippen LogP contribution in [0.2, 0.25) is 5.02 Å². The minimum absolute atomic E-state index is 0.109. The van der Waals surface area contributed by atoms with Gasteiger partial charge in [-0.3, -0.25) is 14.2 Å². The van der Waals surface area contributed by atoms with E-state index in [9.17, 15) is 9.59 Å². The molecule has 6 nitrogen and oxygen atoms in total. The number of halogens is 1. The molecule has 3 heterocycles. The van der Waals surface area contributed by atoms with Gasteiger partial charge in [0, 0.05) is 29.5 Å². The van der Waals surface area contributed by atoms with E-state index >= 15 is 0 Å². The lowest BCUT2D eigenvalue weighted by Crippen LogP contribution is -2.24. The molecular formula is C25H19ClN4O2. The largest absolute Gasteiger partial charge is 0.348 e. The summed E-state index contributed by atoms with van der Waals surface area (Å²) in [5, 5.41) is 3.50. The lowest BCUT2D eigenvalue weighted by molar-refractivity contribution is 0.0951. The number of nitrogens with one attached hydrogen (secondary N) is 1. The Morgan fingerprint density at radius 2 is 1.72 bits per heavy atom. The number of fused-ring (bicyclic) bond motifs is 3.